The molecule has 0 amide bonds. The van der Waals surface area contributed by atoms with Gasteiger partial charge in [-0.1, -0.05) is 0 Å². The van der Waals surface area contributed by atoms with Gasteiger partial charge < -0.3 is 26.2 Å². The summed E-state index contributed by atoms with van der Waals surface area (Å²) in [4.78, 5) is 0. The van der Waals surface area contributed by atoms with Crippen molar-refractivity contribution in [1.82, 2.24) is 0 Å². The molecule has 0 unspecified atom stereocenters. The van der Waals surface area contributed by atoms with E-state index in [-0.39, 0.29) is 93.2 Å². The Balaban J connectivity index is -0.0000000267. The summed E-state index contributed by atoms with van der Waals surface area (Å²) in [6.45, 7) is 0. The van der Waals surface area contributed by atoms with Crippen molar-refractivity contribution in [1.29, 1.82) is 0 Å². The fourth-order valence-corrected chi connectivity index (χ4v) is 0. The third-order valence-electron chi connectivity index (χ3n) is 0. The Kier molecular flexibility index (Phi) is 27.7. The van der Waals surface area contributed by atoms with E-state index < -0.39 is 10.4 Å². The molecule has 0 aromatic heterocycles. The molecule has 0 rings (SSSR count). The van der Waals surface area contributed by atoms with E-state index in [1.807, 2.05) is 0 Å². The predicted molar refractivity (Wildman–Crippen MR) is 22.0 cm³/mol. The molecule has 0 atom stereocenters. The first-order chi connectivity index (χ1) is 2.00. The summed E-state index contributed by atoms with van der Waals surface area (Å²) in [5, 5.41) is 0. The van der Waals surface area contributed by atoms with Crippen LogP contribution in [-0.2, 0) is 37.7 Å². The largest absolute Gasteiger partial charge is 2.00 e. The summed E-state index contributed by atoms with van der Waals surface area (Å²) < 4.78 is 34.1. The molecule has 0 aliphatic rings. The Morgan fingerprint density at radius 3 is 1.12 bits per heavy atom. The van der Waals surface area contributed by atoms with Gasteiger partial charge in [-0.05, 0) is 0 Å². The molecule has 8 heteroatoms. The maximum absolute atomic E-state index is 8.52. The van der Waals surface area contributed by atoms with Crippen molar-refractivity contribution in [2.45, 2.75) is 0 Å². The smallest absolute Gasteiger partial charge is 2.00 e. The minimum absolute atomic E-state index is 0. The Labute approximate surface area is 118 Å². The van der Waals surface area contributed by atoms with Crippen LogP contribution in [0.2, 0.25) is 0 Å². The van der Waals surface area contributed by atoms with Gasteiger partial charge in [0.15, 0.2) is 0 Å². The molecular weight excluding hydrogens is 425 g/mol. The second-order valence-corrected chi connectivity index (χ2v) is 1.22. The van der Waals surface area contributed by atoms with Crippen molar-refractivity contribution in [2.24, 2.45) is 0 Å². The predicted octanol–water partition coefficient (Wildman–Crippen LogP) is -2.10. The van der Waals surface area contributed by atoms with Crippen LogP contribution in [0.25, 0.3) is 0 Å². The zero-order valence-electron chi connectivity index (χ0n) is 3.86. The van der Waals surface area contributed by atoms with Crippen molar-refractivity contribution in [3.63, 3.8) is 0 Å². The van der Waals surface area contributed by atoms with Gasteiger partial charge in [-0.25, -0.2) is 0 Å². The van der Waals surface area contributed by atoms with Crippen LogP contribution in [0.3, 0.4) is 0 Å². The second-order valence-electron chi connectivity index (χ2n) is 0.408. The average molecular weight is 425 g/mol. The van der Waals surface area contributed by atoms with Crippen molar-refractivity contribution in [3.05, 3.63) is 0 Å². The maximum atomic E-state index is 8.52. The second kappa shape index (κ2) is 9.88. The van der Waals surface area contributed by atoms with Crippen LogP contribution in [0.15, 0.2) is 0 Å². The van der Waals surface area contributed by atoms with Crippen molar-refractivity contribution in [2.75, 3.05) is 0 Å². The van der Waals surface area contributed by atoms with Gasteiger partial charge in [0.1, 0.15) is 0 Å². The van der Waals surface area contributed by atoms with Gasteiger partial charge in [0.2, 0.25) is 0 Å². The average Bonchev–Trinajstić information content (AvgIpc) is 0.722. The summed E-state index contributed by atoms with van der Waals surface area (Å²) in [5.74, 6) is 0. The third kappa shape index (κ3) is 66.4. The first-order valence-corrected chi connectivity index (χ1v) is 2.00. The molecule has 0 saturated heterocycles. The number of hydrogen-bond acceptors (Lipinski definition) is 4. The van der Waals surface area contributed by atoms with E-state index in [0.717, 1.165) is 0 Å². The fourth-order valence-electron chi connectivity index (χ4n) is 0. The van der Waals surface area contributed by atoms with E-state index in [4.69, 9.17) is 17.5 Å². The van der Waals surface area contributed by atoms with Crippen LogP contribution in [0.5, 0.6) is 0 Å². The quantitative estimate of drug-likeness (QED) is 0.253. The standard InChI is InChI=1S/Ba.Cd.H2O4S.Se/c;;1-5(2,3)4;/h;;(H2,1,2,3,4);/q2*+2;;-2/p-2. The monoisotopic (exact) mass is 428 g/mol. The van der Waals surface area contributed by atoms with E-state index in [1.54, 1.807) is 0 Å². The molecule has 0 aromatic rings. The van der Waals surface area contributed by atoms with E-state index in [0.29, 0.717) is 0 Å². The molecule has 8 heavy (non-hydrogen) atoms. The maximum Gasteiger partial charge on any atom is 2.00 e. The summed E-state index contributed by atoms with van der Waals surface area (Å²) in [5.41, 5.74) is 0. The van der Waals surface area contributed by atoms with Crippen LogP contribution in [0.4, 0.5) is 0 Å². The van der Waals surface area contributed by atoms with Crippen LogP contribution in [0, 0.1) is 0 Å². The van der Waals surface area contributed by atoms with Crippen molar-refractivity contribution in [3.8, 4) is 0 Å². The Bertz CT molecular complexity index is 99.2. The summed E-state index contributed by atoms with van der Waals surface area (Å²) in [7, 11) is -5.17. The molecule has 0 bridgehead atoms. The summed E-state index contributed by atoms with van der Waals surface area (Å²) in [6.07, 6.45) is 0. The van der Waals surface area contributed by atoms with E-state index in [2.05, 4.69) is 0 Å². The molecule has 0 aromatic carbocycles. The fraction of sp³-hybridized carbons (Fsp3) is 0. The van der Waals surface area contributed by atoms with E-state index >= 15 is 0 Å². The third-order valence-corrected chi connectivity index (χ3v) is 0. The molecule has 0 heterocycles. The SMILES string of the molecule is O=S(=O)([O-])[O-].[Ba+2].[Cd+2].[Se-2]. The minimum Gasteiger partial charge on any atom is -2.00 e. The van der Waals surface area contributed by atoms with Crippen LogP contribution in [0.1, 0.15) is 0 Å². The molecule has 0 fully saturated rings. The Morgan fingerprint density at radius 2 is 1.12 bits per heavy atom. The Morgan fingerprint density at radius 1 is 1.12 bits per heavy atom. The number of rotatable bonds is 0. The topological polar surface area (TPSA) is 80.3 Å². The van der Waals surface area contributed by atoms with Gasteiger partial charge in [0, 0.05) is 10.4 Å². The number of hydrogen-bond donors (Lipinski definition) is 0. The zero-order valence-corrected chi connectivity index (χ0v) is 14.9. The van der Waals surface area contributed by atoms with Crippen LogP contribution < -0.4 is 0 Å². The van der Waals surface area contributed by atoms with Gasteiger partial charge >= 0.3 is 76.2 Å². The molecule has 0 N–H and O–H groups in total. The molecule has 4 nitrogen and oxygen atoms in total. The first kappa shape index (κ1) is 22.4. The van der Waals surface area contributed by atoms with Gasteiger partial charge in [0.25, 0.3) is 0 Å². The van der Waals surface area contributed by atoms with Crippen LogP contribution in [-0.4, -0.2) is 83.5 Å². The first-order valence-electron chi connectivity index (χ1n) is 0.667. The molecule has 0 spiro atoms. The van der Waals surface area contributed by atoms with Gasteiger partial charge in [-0.15, -0.1) is 0 Å². The summed E-state index contributed by atoms with van der Waals surface area (Å²) >= 11 is 0. The molecule has 0 aliphatic carbocycles. The summed E-state index contributed by atoms with van der Waals surface area (Å²) in [6, 6.07) is 0. The molecule has 0 saturated carbocycles. The minimum atomic E-state index is -5.17. The van der Waals surface area contributed by atoms with Crippen LogP contribution >= 0.6 is 0 Å². The van der Waals surface area contributed by atoms with E-state index in [1.165, 1.54) is 0 Å². The molecule has 0 radical (unpaired) electrons. The zero-order chi connectivity index (χ0) is 4.50. The van der Waals surface area contributed by atoms with Gasteiger partial charge in [-0.2, -0.15) is 0 Å². The van der Waals surface area contributed by atoms with E-state index in [9.17, 15) is 0 Å². The van der Waals surface area contributed by atoms with Gasteiger partial charge in [-0.3, -0.25) is 8.42 Å². The van der Waals surface area contributed by atoms with Gasteiger partial charge in [0.05, 0.1) is 0 Å². The van der Waals surface area contributed by atoms with Crippen molar-refractivity contribution >= 4 is 76.3 Å². The molecule has 40 valence electrons. The van der Waals surface area contributed by atoms with Crippen molar-refractivity contribution < 1.29 is 44.8 Å². The molecule has 0 aliphatic heterocycles. The normalized spacial score (nSPS) is 7.25. The molecular formula is BaCdO4SSe. The Hall–Kier alpha value is 2.88.